The maximum Gasteiger partial charge on any atom is 0.409 e. The van der Waals surface area contributed by atoms with Crippen molar-refractivity contribution in [3.63, 3.8) is 0 Å². The van der Waals surface area contributed by atoms with Crippen LogP contribution in [0.5, 0.6) is 5.75 Å². The van der Waals surface area contributed by atoms with Gasteiger partial charge in [-0.1, -0.05) is 35.9 Å². The summed E-state index contributed by atoms with van der Waals surface area (Å²) in [4.78, 5) is 14.8. The standard InChI is InChI=1S/C17H13ClN2O3/c18-16-9-11(7-8-19-16)10-23-15-6-5-14(20-17(21)22)12-3-1-2-4-13(12)15/h1-9,20H,10H2,(H,21,22). The van der Waals surface area contributed by atoms with Gasteiger partial charge in [-0.25, -0.2) is 9.78 Å². The molecular weight excluding hydrogens is 316 g/mol. The van der Waals surface area contributed by atoms with Crippen LogP contribution in [0.2, 0.25) is 5.15 Å². The maximum absolute atomic E-state index is 10.9. The summed E-state index contributed by atoms with van der Waals surface area (Å²) in [6.07, 6.45) is 0.522. The van der Waals surface area contributed by atoms with Gasteiger partial charge >= 0.3 is 6.09 Å². The first-order chi connectivity index (χ1) is 11.1. The average molecular weight is 329 g/mol. The lowest BCUT2D eigenvalue weighted by Gasteiger charge is -2.12. The van der Waals surface area contributed by atoms with Crippen molar-refractivity contribution in [1.29, 1.82) is 0 Å². The zero-order valence-corrected chi connectivity index (χ0v) is 12.7. The number of pyridine rings is 1. The maximum atomic E-state index is 10.9. The predicted octanol–water partition coefficient (Wildman–Crippen LogP) is 4.56. The molecule has 6 heteroatoms. The van der Waals surface area contributed by atoms with Crippen molar-refractivity contribution in [2.24, 2.45) is 0 Å². The number of rotatable bonds is 4. The fraction of sp³-hybridized carbons (Fsp3) is 0.0588. The third kappa shape index (κ3) is 3.52. The van der Waals surface area contributed by atoms with Crippen LogP contribution in [0, 0.1) is 0 Å². The Morgan fingerprint density at radius 1 is 1.17 bits per heavy atom. The number of carbonyl (C=O) groups is 1. The molecule has 23 heavy (non-hydrogen) atoms. The molecular formula is C17H13ClN2O3. The van der Waals surface area contributed by atoms with Crippen LogP contribution in [0.25, 0.3) is 10.8 Å². The highest BCUT2D eigenvalue weighted by molar-refractivity contribution is 6.29. The van der Waals surface area contributed by atoms with Crippen molar-refractivity contribution in [3.8, 4) is 5.75 Å². The Morgan fingerprint density at radius 2 is 1.96 bits per heavy atom. The Labute approximate surface area is 137 Å². The molecule has 2 N–H and O–H groups in total. The molecule has 1 amide bonds. The van der Waals surface area contributed by atoms with E-state index in [2.05, 4.69) is 10.3 Å². The van der Waals surface area contributed by atoms with Gasteiger partial charge in [0.05, 0.1) is 5.69 Å². The summed E-state index contributed by atoms with van der Waals surface area (Å²) >= 11 is 5.86. The first-order valence-corrected chi connectivity index (χ1v) is 7.26. The number of benzene rings is 2. The largest absolute Gasteiger partial charge is 0.488 e. The normalized spacial score (nSPS) is 10.5. The van der Waals surface area contributed by atoms with Crippen molar-refractivity contribution in [1.82, 2.24) is 4.98 Å². The third-order valence-corrected chi connectivity index (χ3v) is 3.52. The first-order valence-electron chi connectivity index (χ1n) is 6.88. The minimum atomic E-state index is -1.10. The molecule has 5 nitrogen and oxygen atoms in total. The smallest absolute Gasteiger partial charge is 0.409 e. The van der Waals surface area contributed by atoms with Gasteiger partial charge in [-0.3, -0.25) is 5.32 Å². The molecule has 0 aliphatic carbocycles. The number of carboxylic acid groups (broad SMARTS) is 1. The number of ether oxygens (including phenoxy) is 1. The van der Waals surface area contributed by atoms with Gasteiger partial charge in [-0.15, -0.1) is 0 Å². The second-order valence-corrected chi connectivity index (χ2v) is 5.25. The minimum Gasteiger partial charge on any atom is -0.488 e. The van der Waals surface area contributed by atoms with E-state index in [0.717, 1.165) is 16.3 Å². The highest BCUT2D eigenvalue weighted by Crippen LogP contribution is 2.32. The van der Waals surface area contributed by atoms with Crippen LogP contribution in [-0.4, -0.2) is 16.2 Å². The first kappa shape index (κ1) is 15.1. The number of halogens is 1. The number of fused-ring (bicyclic) bond motifs is 1. The summed E-state index contributed by atoms with van der Waals surface area (Å²) in [5.41, 5.74) is 1.43. The van der Waals surface area contributed by atoms with Gasteiger partial charge in [0.1, 0.15) is 17.5 Å². The molecule has 0 aliphatic heterocycles. The lowest BCUT2D eigenvalue weighted by Crippen LogP contribution is -2.07. The zero-order chi connectivity index (χ0) is 16.2. The van der Waals surface area contributed by atoms with Gasteiger partial charge in [-0.2, -0.15) is 0 Å². The molecule has 0 fully saturated rings. The van der Waals surface area contributed by atoms with Gasteiger partial charge in [-0.05, 0) is 29.8 Å². The third-order valence-electron chi connectivity index (χ3n) is 3.31. The van der Waals surface area contributed by atoms with E-state index < -0.39 is 6.09 Å². The molecule has 0 bridgehead atoms. The Morgan fingerprint density at radius 3 is 2.70 bits per heavy atom. The van der Waals surface area contributed by atoms with Crippen LogP contribution >= 0.6 is 11.6 Å². The van der Waals surface area contributed by atoms with E-state index in [1.54, 1.807) is 24.4 Å². The topological polar surface area (TPSA) is 71.5 Å². The van der Waals surface area contributed by atoms with E-state index in [0.29, 0.717) is 23.2 Å². The van der Waals surface area contributed by atoms with Crippen molar-refractivity contribution in [2.45, 2.75) is 6.61 Å². The quantitative estimate of drug-likeness (QED) is 0.689. The van der Waals surface area contributed by atoms with Crippen molar-refractivity contribution in [2.75, 3.05) is 5.32 Å². The molecule has 1 heterocycles. The molecule has 0 aliphatic rings. The molecule has 0 saturated carbocycles. The highest BCUT2D eigenvalue weighted by Gasteiger charge is 2.09. The van der Waals surface area contributed by atoms with E-state index in [9.17, 15) is 4.79 Å². The fourth-order valence-corrected chi connectivity index (χ4v) is 2.51. The van der Waals surface area contributed by atoms with Crippen molar-refractivity contribution < 1.29 is 14.6 Å². The number of hydrogen-bond acceptors (Lipinski definition) is 3. The summed E-state index contributed by atoms with van der Waals surface area (Å²) in [5, 5.41) is 13.3. The van der Waals surface area contributed by atoms with Gasteiger partial charge in [0, 0.05) is 17.0 Å². The molecule has 3 rings (SSSR count). The second kappa shape index (κ2) is 6.54. The summed E-state index contributed by atoms with van der Waals surface area (Å²) in [7, 11) is 0. The molecule has 1 aromatic heterocycles. The summed E-state index contributed by atoms with van der Waals surface area (Å²) in [6, 6.07) is 14.5. The molecule has 0 unspecified atom stereocenters. The lowest BCUT2D eigenvalue weighted by molar-refractivity contribution is 0.210. The van der Waals surface area contributed by atoms with Crippen LogP contribution in [0.4, 0.5) is 10.5 Å². The van der Waals surface area contributed by atoms with Crippen LogP contribution < -0.4 is 10.1 Å². The van der Waals surface area contributed by atoms with Gasteiger partial charge in [0.15, 0.2) is 0 Å². The molecule has 3 aromatic rings. The van der Waals surface area contributed by atoms with E-state index in [1.165, 1.54) is 0 Å². The molecule has 116 valence electrons. The fourth-order valence-electron chi connectivity index (χ4n) is 2.31. The van der Waals surface area contributed by atoms with Crippen molar-refractivity contribution >= 4 is 34.2 Å². The van der Waals surface area contributed by atoms with Crippen LogP contribution in [0.1, 0.15) is 5.56 Å². The SMILES string of the molecule is O=C(O)Nc1ccc(OCc2ccnc(Cl)c2)c2ccccc12. The van der Waals surface area contributed by atoms with Crippen LogP contribution in [0.15, 0.2) is 54.7 Å². The molecule has 2 aromatic carbocycles. The van der Waals surface area contributed by atoms with Crippen molar-refractivity contribution in [3.05, 3.63) is 65.4 Å². The molecule has 0 radical (unpaired) electrons. The Kier molecular flexibility index (Phi) is 4.30. The number of anilines is 1. The zero-order valence-electron chi connectivity index (χ0n) is 12.0. The van der Waals surface area contributed by atoms with E-state index in [-0.39, 0.29) is 0 Å². The molecule has 0 spiro atoms. The van der Waals surface area contributed by atoms with Gasteiger partial charge in [0.2, 0.25) is 0 Å². The van der Waals surface area contributed by atoms with Crippen LogP contribution in [-0.2, 0) is 6.61 Å². The number of nitrogens with zero attached hydrogens (tertiary/aromatic N) is 1. The second-order valence-electron chi connectivity index (χ2n) is 4.86. The molecule has 0 atom stereocenters. The molecule has 0 saturated heterocycles. The van der Waals surface area contributed by atoms with E-state index >= 15 is 0 Å². The van der Waals surface area contributed by atoms with E-state index in [1.807, 2.05) is 30.3 Å². The average Bonchev–Trinajstić information content (AvgIpc) is 2.54. The summed E-state index contributed by atoms with van der Waals surface area (Å²) < 4.78 is 5.86. The summed E-state index contributed by atoms with van der Waals surface area (Å²) in [5.74, 6) is 0.671. The van der Waals surface area contributed by atoms with E-state index in [4.69, 9.17) is 21.4 Å². The number of aromatic nitrogens is 1. The number of nitrogens with one attached hydrogen (secondary N) is 1. The number of amides is 1. The monoisotopic (exact) mass is 328 g/mol. The Balaban J connectivity index is 1.91. The number of hydrogen-bond donors (Lipinski definition) is 2. The highest BCUT2D eigenvalue weighted by atomic mass is 35.5. The Hall–Kier alpha value is -2.79. The van der Waals surface area contributed by atoms with Crippen LogP contribution in [0.3, 0.4) is 0 Å². The predicted molar refractivity (Wildman–Crippen MR) is 89.2 cm³/mol. The van der Waals surface area contributed by atoms with Gasteiger partial charge in [0.25, 0.3) is 0 Å². The van der Waals surface area contributed by atoms with Gasteiger partial charge < -0.3 is 9.84 Å². The lowest BCUT2D eigenvalue weighted by atomic mass is 10.1. The Bertz CT molecular complexity index is 867. The summed E-state index contributed by atoms with van der Waals surface area (Å²) in [6.45, 7) is 0.345. The minimum absolute atomic E-state index is 0.345.